The standard InChI is InChI=1S/C7H12O3/c1-10-6-3-2-5(4-6)7(8)9/h5-6H,2-4H2,1H3,(H,8,9)/t5-,6-/m0/s1. The topological polar surface area (TPSA) is 46.5 Å². The van der Waals surface area contributed by atoms with Gasteiger partial charge in [-0.25, -0.2) is 0 Å². The Morgan fingerprint density at radius 2 is 2.30 bits per heavy atom. The highest BCUT2D eigenvalue weighted by Crippen LogP contribution is 2.27. The molecular weight excluding hydrogens is 132 g/mol. The number of carboxylic acids is 1. The van der Waals surface area contributed by atoms with Gasteiger partial charge in [-0.1, -0.05) is 0 Å². The van der Waals surface area contributed by atoms with Gasteiger partial charge in [-0.05, 0) is 19.3 Å². The molecule has 0 aromatic carbocycles. The van der Waals surface area contributed by atoms with Crippen LogP contribution in [0.5, 0.6) is 0 Å². The Morgan fingerprint density at radius 1 is 1.60 bits per heavy atom. The predicted molar refractivity (Wildman–Crippen MR) is 35.8 cm³/mol. The van der Waals surface area contributed by atoms with Crippen LogP contribution in [0, 0.1) is 5.92 Å². The monoisotopic (exact) mass is 144 g/mol. The van der Waals surface area contributed by atoms with Gasteiger partial charge in [0.2, 0.25) is 0 Å². The Kier molecular flexibility index (Phi) is 2.27. The Balaban J connectivity index is 2.35. The van der Waals surface area contributed by atoms with Crippen molar-refractivity contribution in [2.24, 2.45) is 5.92 Å². The number of aliphatic carboxylic acids is 1. The van der Waals surface area contributed by atoms with E-state index < -0.39 is 5.97 Å². The molecule has 0 saturated heterocycles. The Morgan fingerprint density at radius 3 is 2.60 bits per heavy atom. The van der Waals surface area contributed by atoms with E-state index in [0.717, 1.165) is 12.8 Å². The van der Waals surface area contributed by atoms with Crippen molar-refractivity contribution < 1.29 is 14.6 Å². The molecule has 58 valence electrons. The lowest BCUT2D eigenvalue weighted by atomic mass is 10.1. The van der Waals surface area contributed by atoms with E-state index in [4.69, 9.17) is 9.84 Å². The highest BCUT2D eigenvalue weighted by atomic mass is 16.5. The fraction of sp³-hybridized carbons (Fsp3) is 0.857. The maximum absolute atomic E-state index is 10.4. The van der Waals surface area contributed by atoms with Crippen LogP contribution in [0.4, 0.5) is 0 Å². The minimum atomic E-state index is -0.681. The minimum Gasteiger partial charge on any atom is -0.481 e. The molecule has 1 N–H and O–H groups in total. The molecule has 1 fully saturated rings. The average molecular weight is 144 g/mol. The molecule has 1 aliphatic carbocycles. The van der Waals surface area contributed by atoms with Crippen LogP contribution in [0.2, 0.25) is 0 Å². The lowest BCUT2D eigenvalue weighted by Crippen LogP contribution is -2.11. The maximum atomic E-state index is 10.4. The fourth-order valence-corrected chi connectivity index (χ4v) is 1.38. The zero-order valence-electron chi connectivity index (χ0n) is 6.04. The molecule has 0 bridgehead atoms. The fourth-order valence-electron chi connectivity index (χ4n) is 1.38. The van der Waals surface area contributed by atoms with Gasteiger partial charge in [-0.2, -0.15) is 0 Å². The van der Waals surface area contributed by atoms with Crippen LogP contribution in [0.15, 0.2) is 0 Å². The molecule has 0 aliphatic heterocycles. The van der Waals surface area contributed by atoms with E-state index in [-0.39, 0.29) is 12.0 Å². The average Bonchev–Trinajstić information content (AvgIpc) is 2.34. The smallest absolute Gasteiger partial charge is 0.306 e. The Labute approximate surface area is 60.0 Å². The van der Waals surface area contributed by atoms with Crippen LogP contribution in [0.25, 0.3) is 0 Å². The van der Waals surface area contributed by atoms with E-state index in [1.54, 1.807) is 7.11 Å². The van der Waals surface area contributed by atoms with Crippen molar-refractivity contribution in [3.63, 3.8) is 0 Å². The van der Waals surface area contributed by atoms with Crippen molar-refractivity contribution in [3.8, 4) is 0 Å². The van der Waals surface area contributed by atoms with Gasteiger partial charge >= 0.3 is 5.97 Å². The number of methoxy groups -OCH3 is 1. The normalized spacial score (nSPS) is 32.5. The number of ether oxygens (including phenoxy) is 1. The van der Waals surface area contributed by atoms with Crippen molar-refractivity contribution >= 4 is 5.97 Å². The van der Waals surface area contributed by atoms with Crippen molar-refractivity contribution in [2.45, 2.75) is 25.4 Å². The molecule has 3 nitrogen and oxygen atoms in total. The van der Waals surface area contributed by atoms with E-state index in [9.17, 15) is 4.79 Å². The molecule has 10 heavy (non-hydrogen) atoms. The number of hydrogen-bond acceptors (Lipinski definition) is 2. The van der Waals surface area contributed by atoms with E-state index in [1.165, 1.54) is 0 Å². The minimum absolute atomic E-state index is 0.162. The molecule has 0 heterocycles. The summed E-state index contributed by atoms with van der Waals surface area (Å²) in [5.74, 6) is -0.843. The zero-order valence-corrected chi connectivity index (χ0v) is 6.04. The summed E-state index contributed by atoms with van der Waals surface area (Å²) in [6.45, 7) is 0. The molecule has 0 radical (unpaired) electrons. The van der Waals surface area contributed by atoms with Gasteiger partial charge in [0.15, 0.2) is 0 Å². The van der Waals surface area contributed by atoms with Crippen molar-refractivity contribution in [3.05, 3.63) is 0 Å². The zero-order chi connectivity index (χ0) is 7.56. The summed E-state index contributed by atoms with van der Waals surface area (Å²) in [7, 11) is 1.63. The summed E-state index contributed by atoms with van der Waals surface area (Å²) in [5.41, 5.74) is 0. The van der Waals surface area contributed by atoms with E-state index in [2.05, 4.69) is 0 Å². The molecule has 2 atom stereocenters. The molecule has 0 unspecified atom stereocenters. The van der Waals surface area contributed by atoms with Crippen LogP contribution < -0.4 is 0 Å². The van der Waals surface area contributed by atoms with Crippen molar-refractivity contribution in [1.82, 2.24) is 0 Å². The van der Waals surface area contributed by atoms with Gasteiger partial charge in [0, 0.05) is 7.11 Å². The van der Waals surface area contributed by atoms with Gasteiger partial charge in [0.1, 0.15) is 0 Å². The summed E-state index contributed by atoms with van der Waals surface area (Å²) in [6, 6.07) is 0. The molecule has 0 aromatic rings. The molecule has 1 saturated carbocycles. The van der Waals surface area contributed by atoms with Gasteiger partial charge in [-0.15, -0.1) is 0 Å². The van der Waals surface area contributed by atoms with E-state index >= 15 is 0 Å². The van der Waals surface area contributed by atoms with E-state index in [0.29, 0.717) is 6.42 Å². The van der Waals surface area contributed by atoms with Crippen molar-refractivity contribution in [2.75, 3.05) is 7.11 Å². The highest BCUT2D eigenvalue weighted by molar-refractivity contribution is 5.70. The third kappa shape index (κ3) is 1.48. The molecule has 1 rings (SSSR count). The second kappa shape index (κ2) is 3.01. The van der Waals surface area contributed by atoms with Crippen LogP contribution in [-0.4, -0.2) is 24.3 Å². The summed E-state index contributed by atoms with van der Waals surface area (Å²) < 4.78 is 5.03. The largest absolute Gasteiger partial charge is 0.481 e. The molecular formula is C7H12O3. The lowest BCUT2D eigenvalue weighted by molar-refractivity contribution is -0.141. The molecule has 1 aliphatic rings. The first-order valence-corrected chi connectivity index (χ1v) is 3.49. The van der Waals surface area contributed by atoms with Gasteiger partial charge < -0.3 is 9.84 Å². The number of carbonyl (C=O) groups is 1. The molecule has 0 spiro atoms. The summed E-state index contributed by atoms with van der Waals surface area (Å²) in [4.78, 5) is 10.4. The molecule has 0 aromatic heterocycles. The third-order valence-electron chi connectivity index (χ3n) is 2.07. The number of rotatable bonds is 2. The molecule has 3 heteroatoms. The predicted octanol–water partition coefficient (Wildman–Crippen LogP) is 0.886. The second-order valence-corrected chi connectivity index (χ2v) is 2.71. The van der Waals surface area contributed by atoms with Crippen LogP contribution in [0.1, 0.15) is 19.3 Å². The van der Waals surface area contributed by atoms with E-state index in [1.807, 2.05) is 0 Å². The quantitative estimate of drug-likeness (QED) is 0.626. The lowest BCUT2D eigenvalue weighted by Gasteiger charge is -2.04. The first kappa shape index (κ1) is 7.54. The van der Waals surface area contributed by atoms with Crippen molar-refractivity contribution in [1.29, 1.82) is 0 Å². The summed E-state index contributed by atoms with van der Waals surface area (Å²) in [6.07, 6.45) is 2.54. The third-order valence-corrected chi connectivity index (χ3v) is 2.07. The Bertz CT molecular complexity index is 133. The highest BCUT2D eigenvalue weighted by Gasteiger charge is 2.29. The number of hydrogen-bond donors (Lipinski definition) is 1. The first-order valence-electron chi connectivity index (χ1n) is 3.49. The van der Waals surface area contributed by atoms with Gasteiger partial charge in [-0.3, -0.25) is 4.79 Å². The van der Waals surface area contributed by atoms with Gasteiger partial charge in [0.25, 0.3) is 0 Å². The van der Waals surface area contributed by atoms with Crippen LogP contribution in [0.3, 0.4) is 0 Å². The number of carboxylic acid groups (broad SMARTS) is 1. The van der Waals surface area contributed by atoms with Crippen LogP contribution in [-0.2, 0) is 9.53 Å². The molecule has 0 amide bonds. The van der Waals surface area contributed by atoms with Crippen LogP contribution >= 0.6 is 0 Å². The maximum Gasteiger partial charge on any atom is 0.306 e. The SMILES string of the molecule is CO[C@H]1CC[C@H](C(=O)O)C1. The summed E-state index contributed by atoms with van der Waals surface area (Å²) >= 11 is 0. The Hall–Kier alpha value is -0.570. The summed E-state index contributed by atoms with van der Waals surface area (Å²) in [5, 5.41) is 8.57. The van der Waals surface area contributed by atoms with Gasteiger partial charge in [0.05, 0.1) is 12.0 Å². The first-order chi connectivity index (χ1) is 4.74. The second-order valence-electron chi connectivity index (χ2n) is 2.71.